The van der Waals surface area contributed by atoms with Crippen LogP contribution in [0, 0.1) is 3.57 Å². The Morgan fingerprint density at radius 2 is 1.82 bits per heavy atom. The van der Waals surface area contributed by atoms with E-state index in [1.807, 2.05) is 30.3 Å². The third-order valence-electron chi connectivity index (χ3n) is 6.51. The lowest BCUT2D eigenvalue weighted by Gasteiger charge is -2.28. The molecule has 0 bridgehead atoms. The predicted octanol–water partition coefficient (Wildman–Crippen LogP) is 6.05. The van der Waals surface area contributed by atoms with Crippen molar-refractivity contribution < 1.29 is 14.3 Å². The van der Waals surface area contributed by atoms with Gasteiger partial charge in [-0.05, 0) is 79.3 Å². The zero-order chi connectivity index (χ0) is 27.7. The van der Waals surface area contributed by atoms with Gasteiger partial charge in [0.25, 0.3) is 0 Å². The SMILES string of the molecule is C=C1NC(=O)N(Cc2ccc(I)cc2)c2nc(CSc3nc4cc(C(=O)OCC)ccc4n3CC)n(CC)c21. The molecule has 3 heterocycles. The maximum absolute atomic E-state index is 13.0. The molecule has 1 aliphatic rings. The highest BCUT2D eigenvalue weighted by Gasteiger charge is 2.32. The molecule has 202 valence electrons. The zero-order valence-electron chi connectivity index (χ0n) is 22.0. The van der Waals surface area contributed by atoms with E-state index in [0.717, 1.165) is 43.4 Å². The number of carbonyl (C=O) groups is 2. The summed E-state index contributed by atoms with van der Waals surface area (Å²) in [4.78, 5) is 36.6. The van der Waals surface area contributed by atoms with Crippen molar-refractivity contribution in [2.24, 2.45) is 0 Å². The van der Waals surface area contributed by atoms with E-state index >= 15 is 0 Å². The van der Waals surface area contributed by atoms with Gasteiger partial charge in [0.15, 0.2) is 11.0 Å². The van der Waals surface area contributed by atoms with Crippen molar-refractivity contribution in [3.05, 3.63) is 75.3 Å². The Bertz CT molecular complexity index is 1580. The van der Waals surface area contributed by atoms with E-state index in [-0.39, 0.29) is 12.0 Å². The summed E-state index contributed by atoms with van der Waals surface area (Å²) in [5.74, 6) is 1.64. The summed E-state index contributed by atoms with van der Waals surface area (Å²) in [6.45, 7) is 12.2. The van der Waals surface area contributed by atoms with Gasteiger partial charge in [-0.3, -0.25) is 4.90 Å². The quantitative estimate of drug-likeness (QED) is 0.134. The molecule has 0 radical (unpaired) electrons. The number of nitrogens with one attached hydrogen (secondary N) is 1. The van der Waals surface area contributed by atoms with Crippen molar-refractivity contribution in [2.75, 3.05) is 11.5 Å². The molecule has 4 aromatic rings. The molecule has 5 rings (SSSR count). The number of urea groups is 1. The van der Waals surface area contributed by atoms with Gasteiger partial charge in [-0.1, -0.05) is 30.5 Å². The van der Waals surface area contributed by atoms with E-state index in [4.69, 9.17) is 14.7 Å². The summed E-state index contributed by atoms with van der Waals surface area (Å²) < 4.78 is 10.5. The monoisotopic (exact) mass is 656 g/mol. The van der Waals surface area contributed by atoms with Crippen molar-refractivity contribution in [2.45, 2.75) is 51.3 Å². The summed E-state index contributed by atoms with van der Waals surface area (Å²) in [5.41, 5.74) is 4.57. The van der Waals surface area contributed by atoms with Crippen LogP contribution in [0.25, 0.3) is 16.7 Å². The topological polar surface area (TPSA) is 94.3 Å². The van der Waals surface area contributed by atoms with E-state index < -0.39 is 0 Å². The van der Waals surface area contributed by atoms with Crippen LogP contribution in [-0.4, -0.2) is 37.7 Å². The number of fused-ring (bicyclic) bond motifs is 2. The summed E-state index contributed by atoms with van der Waals surface area (Å²) in [5, 5.41) is 3.74. The van der Waals surface area contributed by atoms with Crippen molar-refractivity contribution in [3.63, 3.8) is 0 Å². The smallest absolute Gasteiger partial charge is 0.338 e. The first-order chi connectivity index (χ1) is 18.8. The maximum Gasteiger partial charge on any atom is 0.338 e. The van der Waals surface area contributed by atoms with Crippen LogP contribution in [-0.2, 0) is 30.1 Å². The number of halogens is 1. The summed E-state index contributed by atoms with van der Waals surface area (Å²) in [6.07, 6.45) is 0. The molecule has 0 aliphatic carbocycles. The summed E-state index contributed by atoms with van der Waals surface area (Å²) in [7, 11) is 0. The summed E-state index contributed by atoms with van der Waals surface area (Å²) >= 11 is 3.84. The number of ether oxygens (including phenoxy) is 1. The molecule has 0 saturated carbocycles. The van der Waals surface area contributed by atoms with Gasteiger partial charge < -0.3 is 19.2 Å². The third kappa shape index (κ3) is 5.29. The highest BCUT2D eigenvalue weighted by molar-refractivity contribution is 14.1. The van der Waals surface area contributed by atoms with E-state index in [2.05, 4.69) is 57.5 Å². The fourth-order valence-corrected chi connectivity index (χ4v) is 6.07. The highest BCUT2D eigenvalue weighted by atomic mass is 127. The number of anilines is 1. The molecule has 1 aliphatic heterocycles. The van der Waals surface area contributed by atoms with Gasteiger partial charge in [0, 0.05) is 16.7 Å². The molecule has 0 spiro atoms. The van der Waals surface area contributed by atoms with Crippen LogP contribution in [0.4, 0.5) is 10.6 Å². The zero-order valence-corrected chi connectivity index (χ0v) is 25.0. The lowest BCUT2D eigenvalue weighted by atomic mass is 10.2. The van der Waals surface area contributed by atoms with Crippen LogP contribution < -0.4 is 10.2 Å². The number of carbonyl (C=O) groups excluding carboxylic acids is 2. The average Bonchev–Trinajstić information content (AvgIpc) is 3.48. The molecule has 11 heteroatoms. The van der Waals surface area contributed by atoms with Gasteiger partial charge in [-0.15, -0.1) is 0 Å². The Balaban J connectivity index is 1.45. The second-order valence-corrected chi connectivity index (χ2v) is 11.1. The second-order valence-electron chi connectivity index (χ2n) is 8.92. The number of hydrogen-bond acceptors (Lipinski definition) is 6. The largest absolute Gasteiger partial charge is 0.462 e. The Labute approximate surface area is 244 Å². The molecular weight excluding hydrogens is 627 g/mol. The minimum absolute atomic E-state index is 0.240. The average molecular weight is 657 g/mol. The number of thioether (sulfide) groups is 1. The first kappa shape index (κ1) is 27.3. The first-order valence-electron chi connectivity index (χ1n) is 12.8. The number of esters is 1. The van der Waals surface area contributed by atoms with Gasteiger partial charge in [0.2, 0.25) is 0 Å². The maximum atomic E-state index is 13.0. The molecule has 2 amide bonds. The first-order valence-corrected chi connectivity index (χ1v) is 14.8. The van der Waals surface area contributed by atoms with Gasteiger partial charge in [-0.2, -0.15) is 0 Å². The number of hydrogen-bond donors (Lipinski definition) is 1. The molecule has 1 N–H and O–H groups in total. The lowest BCUT2D eigenvalue weighted by Crippen LogP contribution is -2.43. The van der Waals surface area contributed by atoms with Crippen LogP contribution in [0.1, 0.15) is 48.2 Å². The standard InChI is InChI=1S/C28H29IN6O3S/c1-5-33-22-13-10-19(26(36)38-7-3)14-21(22)31-28(33)39-16-23-32-25-24(34(23)6-2)17(4)30-27(37)35(25)15-18-8-11-20(29)12-9-18/h8-14H,4-7,15-16H2,1-3H3,(H,30,37). The molecule has 0 saturated heterocycles. The van der Waals surface area contributed by atoms with Crippen molar-refractivity contribution >= 4 is 68.9 Å². The molecule has 2 aromatic carbocycles. The number of nitrogens with zero attached hydrogens (tertiary/aromatic N) is 5. The Hall–Kier alpha value is -3.32. The number of amides is 2. The van der Waals surface area contributed by atoms with E-state index in [1.54, 1.807) is 35.7 Å². The fourth-order valence-electron chi connectivity index (χ4n) is 4.69. The summed E-state index contributed by atoms with van der Waals surface area (Å²) in [6, 6.07) is 13.3. The minimum atomic E-state index is -0.353. The van der Waals surface area contributed by atoms with Crippen LogP contribution >= 0.6 is 34.4 Å². The Morgan fingerprint density at radius 3 is 2.51 bits per heavy atom. The van der Waals surface area contributed by atoms with Crippen LogP contribution in [0.3, 0.4) is 0 Å². The Kier molecular flexibility index (Phi) is 7.98. The van der Waals surface area contributed by atoms with Crippen molar-refractivity contribution in [1.29, 1.82) is 0 Å². The molecule has 39 heavy (non-hydrogen) atoms. The van der Waals surface area contributed by atoms with Gasteiger partial charge in [-0.25, -0.2) is 19.6 Å². The molecule has 9 nitrogen and oxygen atoms in total. The molecular formula is C28H29IN6O3S. The number of benzene rings is 2. The van der Waals surface area contributed by atoms with E-state index in [1.165, 1.54) is 0 Å². The normalized spacial score (nSPS) is 13.1. The van der Waals surface area contributed by atoms with Gasteiger partial charge >= 0.3 is 12.0 Å². The van der Waals surface area contributed by atoms with Crippen LogP contribution in [0.15, 0.2) is 54.2 Å². The second kappa shape index (κ2) is 11.4. The number of aromatic nitrogens is 4. The predicted molar refractivity (Wildman–Crippen MR) is 162 cm³/mol. The number of imidazole rings is 2. The molecule has 0 unspecified atom stereocenters. The van der Waals surface area contributed by atoms with E-state index in [0.29, 0.717) is 42.5 Å². The fraction of sp³-hybridized carbons (Fsp3) is 0.286. The van der Waals surface area contributed by atoms with E-state index in [9.17, 15) is 9.59 Å². The molecule has 0 fully saturated rings. The van der Waals surface area contributed by atoms with Crippen LogP contribution in [0.5, 0.6) is 0 Å². The molecule has 0 atom stereocenters. The Morgan fingerprint density at radius 1 is 1.08 bits per heavy atom. The van der Waals surface area contributed by atoms with Crippen LogP contribution in [0.2, 0.25) is 0 Å². The minimum Gasteiger partial charge on any atom is -0.462 e. The lowest BCUT2D eigenvalue weighted by molar-refractivity contribution is 0.0526. The van der Waals surface area contributed by atoms with Gasteiger partial charge in [0.1, 0.15) is 11.5 Å². The van der Waals surface area contributed by atoms with Crippen molar-refractivity contribution in [1.82, 2.24) is 24.4 Å². The number of aryl methyl sites for hydroxylation is 1. The van der Waals surface area contributed by atoms with Gasteiger partial charge in [0.05, 0.1) is 41.2 Å². The number of rotatable bonds is 9. The highest BCUT2D eigenvalue weighted by Crippen LogP contribution is 2.34. The third-order valence-corrected chi connectivity index (χ3v) is 8.21. The van der Waals surface area contributed by atoms with Crippen molar-refractivity contribution in [3.8, 4) is 0 Å². The molecule has 2 aromatic heterocycles.